The maximum absolute atomic E-state index is 12.1. The Morgan fingerprint density at radius 3 is 2.68 bits per heavy atom. The molecule has 1 fully saturated rings. The van der Waals surface area contributed by atoms with E-state index in [1.54, 1.807) is 0 Å². The molecule has 112 valence electrons. The summed E-state index contributed by atoms with van der Waals surface area (Å²) in [6.07, 6.45) is 9.30. The molecule has 19 heavy (non-hydrogen) atoms. The van der Waals surface area contributed by atoms with E-state index in [0.717, 1.165) is 12.8 Å². The summed E-state index contributed by atoms with van der Waals surface area (Å²) in [6.45, 7) is 0.0479. The molecule has 0 aliphatic heterocycles. The van der Waals surface area contributed by atoms with E-state index < -0.39 is 13.5 Å². The molecule has 0 radical (unpaired) electrons. The molecule has 0 amide bonds. The highest BCUT2D eigenvalue weighted by atomic mass is 32.4. The van der Waals surface area contributed by atoms with Crippen LogP contribution >= 0.6 is 31.6 Å². The van der Waals surface area contributed by atoms with Crippen LogP contribution in [0.15, 0.2) is 0 Å². The lowest BCUT2D eigenvalue weighted by Crippen LogP contribution is -2.26. The highest BCUT2D eigenvalue weighted by Gasteiger charge is 2.28. The number of aliphatic hydroxyl groups is 1. The van der Waals surface area contributed by atoms with Gasteiger partial charge < -0.3 is 10.00 Å². The second kappa shape index (κ2) is 9.22. The van der Waals surface area contributed by atoms with E-state index in [9.17, 15) is 14.6 Å². The van der Waals surface area contributed by atoms with Crippen LogP contribution < -0.4 is 5.09 Å². The van der Waals surface area contributed by atoms with Crippen LogP contribution in [0.2, 0.25) is 0 Å². The summed E-state index contributed by atoms with van der Waals surface area (Å²) in [5, 5.41) is 12.9. The van der Waals surface area contributed by atoms with Gasteiger partial charge in [-0.25, -0.2) is 0 Å². The monoisotopic (exact) mass is 344 g/mol. The summed E-state index contributed by atoms with van der Waals surface area (Å²) in [7, 11) is -0.0317. The first-order chi connectivity index (χ1) is 8.89. The van der Waals surface area contributed by atoms with Gasteiger partial charge in [-0.3, -0.25) is 9.65 Å². The van der Waals surface area contributed by atoms with Gasteiger partial charge in [-0.1, -0.05) is 19.3 Å². The average Bonchev–Trinajstić information content (AvgIpc) is 2.28. The van der Waals surface area contributed by atoms with Crippen molar-refractivity contribution in [1.29, 1.82) is 0 Å². The molecule has 0 aromatic heterocycles. The maximum atomic E-state index is 12.1. The lowest BCUT2D eigenvalue weighted by Gasteiger charge is -2.25. The Hall–Kier alpha value is 1.14. The van der Waals surface area contributed by atoms with Gasteiger partial charge in [0.1, 0.15) is 6.92 Å². The van der Waals surface area contributed by atoms with E-state index in [2.05, 4.69) is 20.3 Å². The van der Waals surface area contributed by atoms with Crippen LogP contribution in [-0.2, 0) is 4.57 Å². The third-order valence-electron chi connectivity index (χ3n) is 3.32. The van der Waals surface area contributed by atoms with Crippen molar-refractivity contribution in [2.24, 2.45) is 5.92 Å². The predicted octanol–water partition coefficient (Wildman–Crippen LogP) is 3.00. The predicted molar refractivity (Wildman–Crippen MR) is 92.2 cm³/mol. The van der Waals surface area contributed by atoms with E-state index in [-0.39, 0.29) is 13.1 Å². The number of nitrogens with one attached hydrogen (secondary N) is 1. The minimum atomic E-state index is -3.18. The fourth-order valence-electron chi connectivity index (χ4n) is 2.51. The molecule has 5 unspecified atom stereocenters. The molecule has 1 aliphatic carbocycles. The minimum Gasteiger partial charge on any atom is -0.391 e. The largest absolute Gasteiger partial charge is 0.391 e. The van der Waals surface area contributed by atoms with Crippen molar-refractivity contribution in [1.82, 2.24) is 5.09 Å². The zero-order valence-electron chi connectivity index (χ0n) is 11.3. The number of aliphatic hydroxyl groups excluding tert-OH is 1. The Morgan fingerprint density at radius 1 is 1.47 bits per heavy atom. The van der Waals surface area contributed by atoms with E-state index in [1.807, 2.05) is 0 Å². The molecule has 3 N–H and O–H groups in total. The van der Waals surface area contributed by atoms with Crippen molar-refractivity contribution in [3.05, 3.63) is 0 Å². The summed E-state index contributed by atoms with van der Waals surface area (Å²) in [5.74, 6) is 0.381. The first kappa shape index (κ1) is 18.2. The fourth-order valence-corrected chi connectivity index (χ4v) is 6.85. The molecule has 0 aromatic rings. The molecule has 1 saturated carbocycles. The van der Waals surface area contributed by atoms with Gasteiger partial charge in [0.2, 0.25) is 7.37 Å². The van der Waals surface area contributed by atoms with Crippen LogP contribution in [0.5, 0.6) is 0 Å². The highest BCUT2D eigenvalue weighted by Crippen LogP contribution is 2.48. The molecule has 0 bridgehead atoms. The third kappa shape index (κ3) is 8.90. The van der Waals surface area contributed by atoms with E-state index in [1.165, 1.54) is 19.3 Å². The van der Waals surface area contributed by atoms with Crippen LogP contribution in [0.25, 0.3) is 0 Å². The standard InChI is InChI=1S/C11H25NO3P4/c1-18(16)17-12-7-11(13)9-19(14,15)8-10-5-3-2-4-6-10/h10-13,17H,1-9,16H2/p+1. The molecule has 5 atom stereocenters. The normalized spacial score (nSPS) is 23.4. The molecular weight excluding hydrogens is 318 g/mol. The van der Waals surface area contributed by atoms with Gasteiger partial charge in [-0.15, -0.1) is 0 Å². The van der Waals surface area contributed by atoms with Crippen LogP contribution in [0, 0.1) is 5.92 Å². The van der Waals surface area contributed by atoms with Crippen LogP contribution in [0.3, 0.4) is 0 Å². The molecule has 8 heteroatoms. The average molecular weight is 344 g/mol. The molecule has 1 aliphatic rings. The molecule has 0 spiro atoms. The Bertz CT molecular complexity index is 334. The third-order valence-corrected chi connectivity index (χ3v) is 8.55. The zero-order valence-corrected chi connectivity index (χ0v) is 15.2. The first-order valence-electron chi connectivity index (χ1n) is 6.72. The zero-order chi connectivity index (χ0) is 14.3. The Kier molecular flexibility index (Phi) is 8.82. The van der Waals surface area contributed by atoms with Crippen molar-refractivity contribution in [3.8, 4) is 0 Å². The van der Waals surface area contributed by atoms with Crippen LogP contribution in [0.4, 0.5) is 0 Å². The second-order valence-electron chi connectivity index (χ2n) is 5.33. The van der Waals surface area contributed by atoms with Crippen molar-refractivity contribution in [3.63, 3.8) is 0 Å². The second-order valence-corrected chi connectivity index (χ2v) is 15.1. The first-order valence-corrected chi connectivity index (χ1v) is 13.7. The van der Waals surface area contributed by atoms with Gasteiger partial charge in [-0.2, -0.15) is 0 Å². The van der Waals surface area contributed by atoms with E-state index >= 15 is 0 Å². The molecule has 0 saturated heterocycles. The molecule has 0 heterocycles. The maximum Gasteiger partial charge on any atom is 0.203 e. The summed E-state index contributed by atoms with van der Waals surface area (Å²) in [6, 6.07) is 0. The van der Waals surface area contributed by atoms with Gasteiger partial charge in [0.25, 0.3) is 0 Å². The number of hydrogen-bond donors (Lipinski definition) is 3. The van der Waals surface area contributed by atoms with Crippen molar-refractivity contribution < 1.29 is 14.6 Å². The van der Waals surface area contributed by atoms with Crippen LogP contribution in [0.1, 0.15) is 32.1 Å². The number of hydrogen-bond acceptors (Lipinski definition) is 3. The Labute approximate surface area is 121 Å². The Balaban J connectivity index is 2.27. The summed E-state index contributed by atoms with van der Waals surface area (Å²) in [5.41, 5.74) is 0. The Morgan fingerprint density at radius 2 is 2.11 bits per heavy atom. The number of rotatable bonds is 8. The molecule has 0 aromatic carbocycles. The van der Waals surface area contributed by atoms with E-state index in [4.69, 9.17) is 0 Å². The van der Waals surface area contributed by atoms with Gasteiger partial charge in [0, 0.05) is 12.7 Å². The molecule has 1 rings (SSSR count). The van der Waals surface area contributed by atoms with Crippen molar-refractivity contribution >= 4 is 37.9 Å². The molecule has 4 nitrogen and oxygen atoms in total. The smallest absolute Gasteiger partial charge is 0.203 e. The van der Waals surface area contributed by atoms with Gasteiger partial charge in [0.15, 0.2) is 8.42 Å². The lowest BCUT2D eigenvalue weighted by molar-refractivity contribution is 0.198. The van der Waals surface area contributed by atoms with Gasteiger partial charge in [-0.05, 0) is 18.8 Å². The topological polar surface area (TPSA) is 69.6 Å². The van der Waals surface area contributed by atoms with E-state index in [0.29, 0.717) is 27.0 Å². The fraction of sp³-hybridized carbons (Fsp3) is 0.909. The lowest BCUT2D eigenvalue weighted by atomic mass is 9.91. The van der Waals surface area contributed by atoms with Crippen molar-refractivity contribution in [2.45, 2.75) is 38.2 Å². The SMILES string of the molecule is C=[P+](P)PNCC(O)CP(=O)(O)CC1CCCCC1. The van der Waals surface area contributed by atoms with Crippen LogP contribution in [-0.4, -0.2) is 41.3 Å². The summed E-state index contributed by atoms with van der Waals surface area (Å²) in [4.78, 5) is 10.0. The van der Waals surface area contributed by atoms with Gasteiger partial charge in [0.05, 0.1) is 27.5 Å². The highest BCUT2D eigenvalue weighted by molar-refractivity contribution is 8.45. The van der Waals surface area contributed by atoms with Gasteiger partial charge >= 0.3 is 0 Å². The minimum absolute atomic E-state index is 0.0207. The molecular formula is C11H26NO3P4+. The summed E-state index contributed by atoms with van der Waals surface area (Å²) < 4.78 is 12.1. The summed E-state index contributed by atoms with van der Waals surface area (Å²) >= 11 is 0. The van der Waals surface area contributed by atoms with Crippen molar-refractivity contribution in [2.75, 3.05) is 18.9 Å². The quantitative estimate of drug-likeness (QED) is 0.592.